The van der Waals surface area contributed by atoms with Gasteiger partial charge in [-0.25, -0.2) is 9.67 Å². The highest BCUT2D eigenvalue weighted by Crippen LogP contribution is 2.26. The number of nitrogens with zero attached hydrogens (tertiary/aromatic N) is 3. The van der Waals surface area contributed by atoms with Crippen molar-refractivity contribution in [2.24, 2.45) is 0 Å². The lowest BCUT2D eigenvalue weighted by Gasteiger charge is -2.09. The number of amides is 1. The van der Waals surface area contributed by atoms with E-state index in [1.165, 1.54) is 0 Å². The van der Waals surface area contributed by atoms with Crippen molar-refractivity contribution in [3.63, 3.8) is 0 Å². The molecular formula is C16H14Cl2N4O. The average molecular weight is 349 g/mol. The van der Waals surface area contributed by atoms with Crippen molar-refractivity contribution in [3.05, 3.63) is 52.3 Å². The van der Waals surface area contributed by atoms with Gasteiger partial charge in [-0.05, 0) is 32.0 Å². The Morgan fingerprint density at radius 1 is 1.26 bits per heavy atom. The third kappa shape index (κ3) is 3.02. The molecule has 1 N–H and O–H groups in total. The van der Waals surface area contributed by atoms with Crippen molar-refractivity contribution in [1.82, 2.24) is 14.8 Å². The molecule has 0 atom stereocenters. The summed E-state index contributed by atoms with van der Waals surface area (Å²) < 4.78 is 1.83. The number of anilines is 1. The molecule has 0 bridgehead atoms. The molecule has 5 nitrogen and oxygen atoms in total. The predicted molar refractivity (Wildman–Crippen MR) is 92.3 cm³/mol. The minimum atomic E-state index is -0.338. The van der Waals surface area contributed by atoms with Crippen molar-refractivity contribution >= 4 is 45.8 Å². The van der Waals surface area contributed by atoms with Crippen LogP contribution in [0.15, 0.2) is 36.7 Å². The number of fused-ring (bicyclic) bond motifs is 1. The van der Waals surface area contributed by atoms with Crippen molar-refractivity contribution in [1.29, 1.82) is 0 Å². The molecule has 0 aliphatic heterocycles. The lowest BCUT2D eigenvalue weighted by molar-refractivity contribution is 0.102. The molecule has 0 saturated heterocycles. The number of pyridine rings is 1. The van der Waals surface area contributed by atoms with Gasteiger partial charge < -0.3 is 5.32 Å². The van der Waals surface area contributed by atoms with Crippen LogP contribution in [-0.2, 0) is 0 Å². The van der Waals surface area contributed by atoms with E-state index < -0.39 is 0 Å². The zero-order valence-corrected chi connectivity index (χ0v) is 14.1. The first-order chi connectivity index (χ1) is 11.0. The van der Waals surface area contributed by atoms with E-state index in [9.17, 15) is 4.79 Å². The molecule has 3 aromatic rings. The highest BCUT2D eigenvalue weighted by Gasteiger charge is 2.14. The first kappa shape index (κ1) is 15.8. The summed E-state index contributed by atoms with van der Waals surface area (Å²) in [7, 11) is 0. The molecule has 0 saturated carbocycles. The van der Waals surface area contributed by atoms with E-state index in [-0.39, 0.29) is 17.0 Å². The van der Waals surface area contributed by atoms with Gasteiger partial charge in [0.05, 0.1) is 33.7 Å². The molecule has 1 amide bonds. The number of halogens is 2. The number of rotatable bonds is 3. The maximum Gasteiger partial charge on any atom is 0.257 e. The van der Waals surface area contributed by atoms with Gasteiger partial charge in [0.2, 0.25) is 0 Å². The highest BCUT2D eigenvalue weighted by atomic mass is 35.5. The number of nitrogens with one attached hydrogen (secondary N) is 1. The Bertz CT molecular complexity index is 889. The van der Waals surface area contributed by atoms with Gasteiger partial charge in [0.1, 0.15) is 0 Å². The number of hydrogen-bond acceptors (Lipinski definition) is 3. The van der Waals surface area contributed by atoms with Crippen LogP contribution in [0.2, 0.25) is 10.0 Å². The summed E-state index contributed by atoms with van der Waals surface area (Å²) in [4.78, 5) is 16.7. The number of hydrogen-bond donors (Lipinski definition) is 1. The lowest BCUT2D eigenvalue weighted by atomic mass is 10.2. The zero-order chi connectivity index (χ0) is 16.6. The molecular weight excluding hydrogens is 335 g/mol. The van der Waals surface area contributed by atoms with Crippen LogP contribution < -0.4 is 5.32 Å². The van der Waals surface area contributed by atoms with Gasteiger partial charge >= 0.3 is 0 Å². The molecule has 0 spiro atoms. The fourth-order valence-corrected chi connectivity index (χ4v) is 2.65. The molecule has 118 valence electrons. The topological polar surface area (TPSA) is 59.8 Å². The Labute approximate surface area is 143 Å². The summed E-state index contributed by atoms with van der Waals surface area (Å²) in [6.45, 7) is 4.07. The fraction of sp³-hybridized carbons (Fsp3) is 0.188. The number of benzene rings is 1. The van der Waals surface area contributed by atoms with E-state index in [0.717, 1.165) is 11.0 Å². The largest absolute Gasteiger partial charge is 0.321 e. The Balaban J connectivity index is 1.89. The first-order valence-electron chi connectivity index (χ1n) is 7.06. The summed E-state index contributed by atoms with van der Waals surface area (Å²) in [5.41, 5.74) is 1.66. The fourth-order valence-electron chi connectivity index (χ4n) is 2.26. The Morgan fingerprint density at radius 3 is 2.78 bits per heavy atom. The molecule has 23 heavy (non-hydrogen) atoms. The van der Waals surface area contributed by atoms with Gasteiger partial charge in [-0.15, -0.1) is 0 Å². The van der Waals surface area contributed by atoms with Crippen molar-refractivity contribution in [2.75, 3.05) is 5.32 Å². The van der Waals surface area contributed by atoms with Crippen LogP contribution in [0.25, 0.3) is 11.0 Å². The lowest BCUT2D eigenvalue weighted by Crippen LogP contribution is -2.13. The van der Waals surface area contributed by atoms with E-state index in [0.29, 0.717) is 16.3 Å². The first-order valence-corrected chi connectivity index (χ1v) is 7.81. The molecule has 0 aliphatic rings. The van der Waals surface area contributed by atoms with Gasteiger partial charge in [0.25, 0.3) is 5.91 Å². The van der Waals surface area contributed by atoms with Crippen LogP contribution >= 0.6 is 23.2 Å². The summed E-state index contributed by atoms with van der Waals surface area (Å²) >= 11 is 12.0. The summed E-state index contributed by atoms with van der Waals surface area (Å²) in [6, 6.07) is 6.97. The Morgan fingerprint density at radius 2 is 2.04 bits per heavy atom. The smallest absolute Gasteiger partial charge is 0.257 e. The van der Waals surface area contributed by atoms with Crippen LogP contribution in [0.4, 0.5) is 5.69 Å². The molecule has 1 aromatic carbocycles. The second-order valence-electron chi connectivity index (χ2n) is 5.38. The van der Waals surface area contributed by atoms with E-state index in [2.05, 4.69) is 15.4 Å². The normalized spacial score (nSPS) is 11.2. The zero-order valence-electron chi connectivity index (χ0n) is 12.5. The second kappa shape index (κ2) is 6.18. The molecule has 2 aromatic heterocycles. The molecule has 0 fully saturated rings. The van der Waals surface area contributed by atoms with Gasteiger partial charge in [0.15, 0.2) is 5.65 Å². The van der Waals surface area contributed by atoms with E-state index in [1.807, 2.05) is 24.6 Å². The van der Waals surface area contributed by atoms with Gasteiger partial charge in [-0.2, -0.15) is 5.10 Å². The van der Waals surface area contributed by atoms with Gasteiger partial charge in [0, 0.05) is 11.4 Å². The predicted octanol–water partition coefficient (Wildman–Crippen LogP) is 4.57. The molecule has 0 radical (unpaired) electrons. The summed E-state index contributed by atoms with van der Waals surface area (Å²) in [5.74, 6) is -0.338. The number of carbonyl (C=O) groups is 1. The van der Waals surface area contributed by atoms with Gasteiger partial charge in [-0.3, -0.25) is 4.79 Å². The SMILES string of the molecule is CC(C)n1ncc2cc(NC(=O)c3cccc(Cl)c3Cl)cnc21. The summed E-state index contributed by atoms with van der Waals surface area (Å²) in [6.07, 6.45) is 3.32. The van der Waals surface area contributed by atoms with Crippen molar-refractivity contribution < 1.29 is 4.79 Å². The Hall–Kier alpha value is -2.11. The molecule has 7 heteroatoms. The highest BCUT2D eigenvalue weighted by molar-refractivity contribution is 6.44. The average Bonchev–Trinajstić information content (AvgIpc) is 2.93. The molecule has 2 heterocycles. The number of carbonyl (C=O) groups excluding carboxylic acids is 1. The van der Waals surface area contributed by atoms with Crippen LogP contribution in [0, 0.1) is 0 Å². The van der Waals surface area contributed by atoms with Crippen molar-refractivity contribution in [2.45, 2.75) is 19.9 Å². The minimum absolute atomic E-state index is 0.214. The van der Waals surface area contributed by atoms with E-state index >= 15 is 0 Å². The van der Waals surface area contributed by atoms with Crippen LogP contribution in [0.3, 0.4) is 0 Å². The van der Waals surface area contributed by atoms with Crippen molar-refractivity contribution in [3.8, 4) is 0 Å². The monoisotopic (exact) mass is 348 g/mol. The minimum Gasteiger partial charge on any atom is -0.321 e. The molecule has 3 rings (SSSR count). The maximum absolute atomic E-state index is 12.3. The van der Waals surface area contributed by atoms with Crippen LogP contribution in [0.5, 0.6) is 0 Å². The second-order valence-corrected chi connectivity index (χ2v) is 6.16. The van der Waals surface area contributed by atoms with E-state index in [1.54, 1.807) is 30.6 Å². The third-order valence-corrected chi connectivity index (χ3v) is 4.20. The standard InChI is InChI=1S/C16H14Cl2N4O/c1-9(2)22-15-10(7-20-22)6-11(8-19-15)21-16(23)12-4-3-5-13(17)14(12)18/h3-9H,1-2H3,(H,21,23). The third-order valence-electron chi connectivity index (χ3n) is 3.38. The maximum atomic E-state index is 12.3. The van der Waals surface area contributed by atoms with Crippen LogP contribution in [0.1, 0.15) is 30.2 Å². The molecule has 0 aliphatic carbocycles. The molecule has 0 unspecified atom stereocenters. The Kier molecular flexibility index (Phi) is 4.24. The summed E-state index contributed by atoms with van der Waals surface area (Å²) in [5, 5.41) is 8.50. The number of aromatic nitrogens is 3. The van der Waals surface area contributed by atoms with Gasteiger partial charge in [-0.1, -0.05) is 29.3 Å². The van der Waals surface area contributed by atoms with E-state index in [4.69, 9.17) is 23.2 Å². The quantitative estimate of drug-likeness (QED) is 0.753. The van der Waals surface area contributed by atoms with Crippen LogP contribution in [-0.4, -0.2) is 20.7 Å².